The van der Waals surface area contributed by atoms with Crippen molar-refractivity contribution in [2.24, 2.45) is 4.99 Å². The maximum atomic E-state index is 10.9. The van der Waals surface area contributed by atoms with Gasteiger partial charge >= 0.3 is 7.60 Å². The third kappa shape index (κ3) is 5.91. The molecule has 1 aliphatic carbocycles. The normalized spacial score (nSPS) is 27.7. The van der Waals surface area contributed by atoms with Crippen LogP contribution < -0.4 is 10.8 Å². The average Bonchev–Trinajstić information content (AvgIpc) is 3.29. The van der Waals surface area contributed by atoms with Gasteiger partial charge in [-0.2, -0.15) is 4.98 Å². The highest BCUT2D eigenvalue weighted by Crippen LogP contribution is 2.35. The van der Waals surface area contributed by atoms with Gasteiger partial charge in [0.25, 0.3) is 0 Å². The Kier molecular flexibility index (Phi) is 7.87. The fourth-order valence-corrected chi connectivity index (χ4v) is 4.23. The summed E-state index contributed by atoms with van der Waals surface area (Å²) in [5.41, 5.74) is 0.483. The van der Waals surface area contributed by atoms with Crippen molar-refractivity contribution >= 4 is 30.7 Å². The molecule has 1 saturated carbocycles. The Bertz CT molecular complexity index is 917. The van der Waals surface area contributed by atoms with Gasteiger partial charge in [-0.3, -0.25) is 9.56 Å². The van der Waals surface area contributed by atoms with Gasteiger partial charge in [0.05, 0.1) is 12.3 Å². The topological polar surface area (TPSA) is 172 Å². The summed E-state index contributed by atoms with van der Waals surface area (Å²) in [5.74, 6) is 0.421. The van der Waals surface area contributed by atoms with Gasteiger partial charge in [0, 0.05) is 13.1 Å². The molecule has 174 valence electrons. The first-order valence-corrected chi connectivity index (χ1v) is 12.0. The molecule has 1 aromatic heterocycles. The molecule has 0 spiro atoms. The molecule has 1 aromatic rings. The highest BCUT2D eigenvalue weighted by molar-refractivity contribution is 7.51. The van der Waals surface area contributed by atoms with E-state index in [2.05, 4.69) is 27.0 Å². The van der Waals surface area contributed by atoms with E-state index < -0.39 is 38.4 Å². The summed E-state index contributed by atoms with van der Waals surface area (Å²) in [6.07, 6.45) is -1.46. The second-order valence-corrected chi connectivity index (χ2v) is 9.47. The van der Waals surface area contributed by atoms with Crippen LogP contribution in [-0.4, -0.2) is 85.2 Å². The number of aliphatic hydroxyl groups is 2. The van der Waals surface area contributed by atoms with E-state index in [9.17, 15) is 14.8 Å². The Morgan fingerprint density at radius 1 is 1.39 bits per heavy atom. The Balaban J connectivity index is 1.80. The zero-order valence-electron chi connectivity index (χ0n) is 17.0. The van der Waals surface area contributed by atoms with E-state index in [0.29, 0.717) is 11.3 Å². The summed E-state index contributed by atoms with van der Waals surface area (Å²) >= 11 is 6.11. The monoisotopic (exact) mass is 479 g/mol. The molecule has 2 fully saturated rings. The van der Waals surface area contributed by atoms with Crippen LogP contribution in [-0.2, 0) is 14.0 Å². The molecule has 2 aliphatic rings. The van der Waals surface area contributed by atoms with Gasteiger partial charge in [-0.1, -0.05) is 19.4 Å². The number of hydrogen-bond donors (Lipinski definition) is 5. The predicted octanol–water partition coefficient (Wildman–Crippen LogP) is -0.0718. The van der Waals surface area contributed by atoms with E-state index in [1.807, 2.05) is 0 Å². The largest absolute Gasteiger partial charge is 0.387 e. The zero-order valence-corrected chi connectivity index (χ0v) is 18.6. The van der Waals surface area contributed by atoms with E-state index in [-0.39, 0.29) is 23.6 Å². The zero-order chi connectivity index (χ0) is 22.8. The van der Waals surface area contributed by atoms with Crippen molar-refractivity contribution in [3.63, 3.8) is 0 Å². The minimum absolute atomic E-state index is 0.0661. The maximum Gasteiger partial charge on any atom is 0.350 e. The lowest BCUT2D eigenvalue weighted by atomic mass is 10.1. The molecular weight excluding hydrogens is 453 g/mol. The number of aliphatic hydroxyl groups excluding tert-OH is 2. The molecule has 0 bridgehead atoms. The molecule has 12 nitrogen and oxygen atoms in total. The van der Waals surface area contributed by atoms with E-state index in [1.54, 1.807) is 7.05 Å². The van der Waals surface area contributed by atoms with Gasteiger partial charge < -0.3 is 34.8 Å². The number of rotatable bonds is 8. The molecule has 0 radical (unpaired) electrons. The molecule has 0 aromatic carbocycles. The second-order valence-electron chi connectivity index (χ2n) is 7.55. The standard InChI is InChI=1S/C17H27ClN5O7P/c1-9(14-13(25)12(24)11(30-14)7-29-8-31(26,27)28)23-16(19-2)15(21-17(18)22-23)20-10-5-3-4-6-10/h10-14,24-25H,1,3-8H2,2H3,(H,20,21,22)(H2,26,27,28)/b19-16-/t11-,12-,13-,14+/m1/s1. The van der Waals surface area contributed by atoms with E-state index in [0.717, 1.165) is 25.7 Å². The van der Waals surface area contributed by atoms with Gasteiger partial charge in [-0.05, 0) is 24.4 Å². The Hall–Kier alpha value is -1.37. The van der Waals surface area contributed by atoms with Crippen molar-refractivity contribution in [3.8, 4) is 0 Å². The molecular formula is C17H27ClN5O7P. The molecule has 0 amide bonds. The highest BCUT2D eigenvalue weighted by atomic mass is 35.5. The van der Waals surface area contributed by atoms with Gasteiger partial charge in [-0.15, -0.1) is 5.10 Å². The Labute approximate surface area is 183 Å². The molecule has 1 aliphatic heterocycles. The van der Waals surface area contributed by atoms with E-state index in [4.69, 9.17) is 30.9 Å². The molecule has 3 rings (SSSR count). The van der Waals surface area contributed by atoms with Crippen LogP contribution in [0.1, 0.15) is 25.7 Å². The third-order valence-corrected chi connectivity index (χ3v) is 5.89. The number of nitrogens with one attached hydrogen (secondary N) is 1. The molecule has 31 heavy (non-hydrogen) atoms. The highest BCUT2D eigenvalue weighted by Gasteiger charge is 2.45. The van der Waals surface area contributed by atoms with Crippen molar-refractivity contribution in [2.75, 3.05) is 25.3 Å². The third-order valence-electron chi connectivity index (χ3n) is 5.21. The summed E-state index contributed by atoms with van der Waals surface area (Å²) < 4.78 is 22.8. The summed E-state index contributed by atoms with van der Waals surface area (Å²) in [6.45, 7) is 3.60. The minimum atomic E-state index is -4.37. The van der Waals surface area contributed by atoms with Crippen LogP contribution in [0.5, 0.6) is 0 Å². The van der Waals surface area contributed by atoms with Crippen LogP contribution in [0.25, 0.3) is 5.70 Å². The van der Waals surface area contributed by atoms with Crippen molar-refractivity contribution in [3.05, 3.63) is 17.4 Å². The smallest absolute Gasteiger partial charge is 0.350 e. The van der Waals surface area contributed by atoms with Crippen LogP contribution in [0.4, 0.5) is 5.82 Å². The number of ether oxygens (including phenoxy) is 2. The van der Waals surface area contributed by atoms with Crippen LogP contribution in [0.15, 0.2) is 11.6 Å². The van der Waals surface area contributed by atoms with Crippen LogP contribution in [0.3, 0.4) is 0 Å². The van der Waals surface area contributed by atoms with E-state index >= 15 is 0 Å². The number of nitrogens with zero attached hydrogens (tertiary/aromatic N) is 4. The number of aromatic nitrogens is 3. The fraction of sp³-hybridized carbons (Fsp3) is 0.706. The molecule has 4 atom stereocenters. The lowest BCUT2D eigenvalue weighted by Gasteiger charge is -2.21. The minimum Gasteiger partial charge on any atom is -0.387 e. The van der Waals surface area contributed by atoms with Crippen molar-refractivity contribution in [1.82, 2.24) is 14.8 Å². The molecule has 1 saturated heterocycles. The first kappa shape index (κ1) is 24.3. The maximum absolute atomic E-state index is 10.9. The molecule has 0 unspecified atom stereocenters. The average molecular weight is 480 g/mol. The van der Waals surface area contributed by atoms with Crippen molar-refractivity contribution in [2.45, 2.75) is 56.1 Å². The number of halogens is 1. The Morgan fingerprint density at radius 3 is 2.68 bits per heavy atom. The molecule has 14 heteroatoms. The first-order valence-electron chi connectivity index (χ1n) is 9.80. The van der Waals surface area contributed by atoms with Gasteiger partial charge in [0.2, 0.25) is 5.28 Å². The number of hydrogen-bond acceptors (Lipinski definition) is 9. The molecule has 2 heterocycles. The van der Waals surface area contributed by atoms with Crippen molar-refractivity contribution in [1.29, 1.82) is 0 Å². The lowest BCUT2D eigenvalue weighted by Crippen LogP contribution is -2.38. The lowest BCUT2D eigenvalue weighted by molar-refractivity contribution is -0.0296. The van der Waals surface area contributed by atoms with Gasteiger partial charge in [-0.25, -0.2) is 4.68 Å². The van der Waals surface area contributed by atoms with Crippen LogP contribution >= 0.6 is 19.2 Å². The quantitative estimate of drug-likeness (QED) is 0.318. The van der Waals surface area contributed by atoms with Gasteiger partial charge in [0.1, 0.15) is 30.8 Å². The first-order chi connectivity index (χ1) is 14.6. The van der Waals surface area contributed by atoms with E-state index in [1.165, 1.54) is 4.68 Å². The second kappa shape index (κ2) is 10.1. The summed E-state index contributed by atoms with van der Waals surface area (Å²) in [6, 6.07) is 0.235. The summed E-state index contributed by atoms with van der Waals surface area (Å²) in [4.78, 5) is 26.2. The Morgan fingerprint density at radius 2 is 2.06 bits per heavy atom. The summed E-state index contributed by atoms with van der Waals surface area (Å²) in [5, 5.41) is 28.1. The predicted molar refractivity (Wildman–Crippen MR) is 111 cm³/mol. The van der Waals surface area contributed by atoms with Crippen LogP contribution in [0, 0.1) is 0 Å². The fourth-order valence-electron chi connectivity index (χ4n) is 3.73. The van der Waals surface area contributed by atoms with Crippen LogP contribution in [0.2, 0.25) is 5.28 Å². The molecule has 5 N–H and O–H groups in total. The number of anilines is 1. The van der Waals surface area contributed by atoms with Gasteiger partial charge in [0.15, 0.2) is 11.3 Å². The SMILES string of the molecule is C=C([C@@H]1O[C@H](COCP(=O)(O)O)[C@@H](O)[C@H]1O)n1nc(Cl)nc(NC2CCCC2)/c1=N/C. The summed E-state index contributed by atoms with van der Waals surface area (Å²) in [7, 11) is -2.82. The van der Waals surface area contributed by atoms with Crippen molar-refractivity contribution < 1.29 is 34.0 Å².